The lowest BCUT2D eigenvalue weighted by Gasteiger charge is -2.28. The monoisotopic (exact) mass is 366 g/mol. The molecule has 0 saturated carbocycles. The summed E-state index contributed by atoms with van der Waals surface area (Å²) in [6, 6.07) is 17.0. The number of ether oxygens (including phenoxy) is 1. The van der Waals surface area contributed by atoms with Crippen LogP contribution in [0.15, 0.2) is 48.5 Å². The van der Waals surface area contributed by atoms with Gasteiger partial charge < -0.3 is 15.0 Å². The Bertz CT molecular complexity index is 749. The molecule has 2 aromatic rings. The van der Waals surface area contributed by atoms with Crippen LogP contribution in [0, 0.1) is 0 Å². The number of methoxy groups -OCH3 is 1. The van der Waals surface area contributed by atoms with Gasteiger partial charge in [-0.1, -0.05) is 42.5 Å². The van der Waals surface area contributed by atoms with Crippen molar-refractivity contribution in [1.82, 2.24) is 10.2 Å². The summed E-state index contributed by atoms with van der Waals surface area (Å²) in [6.45, 7) is 5.85. The summed E-state index contributed by atoms with van der Waals surface area (Å²) >= 11 is 0. The number of nitrogens with zero attached hydrogens (tertiary/aromatic N) is 1. The van der Waals surface area contributed by atoms with Crippen molar-refractivity contribution >= 4 is 5.91 Å². The van der Waals surface area contributed by atoms with E-state index in [9.17, 15) is 4.79 Å². The maximum atomic E-state index is 12.8. The summed E-state index contributed by atoms with van der Waals surface area (Å²) in [5, 5.41) is 3.42. The first-order chi connectivity index (χ1) is 13.1. The van der Waals surface area contributed by atoms with Gasteiger partial charge in [0.2, 0.25) is 5.91 Å². The molecule has 1 atom stereocenters. The Morgan fingerprint density at radius 3 is 2.56 bits per heavy atom. The van der Waals surface area contributed by atoms with Crippen LogP contribution in [0.4, 0.5) is 0 Å². The SMILES string of the molecule is COc1ccccc1-c1ccc(CN(C(=O)CC2CCCN2)C(C)C)cc1. The van der Waals surface area contributed by atoms with Gasteiger partial charge >= 0.3 is 0 Å². The second kappa shape index (κ2) is 9.05. The Labute approximate surface area is 162 Å². The van der Waals surface area contributed by atoms with Crippen LogP contribution in [0.1, 0.15) is 38.7 Å². The highest BCUT2D eigenvalue weighted by Gasteiger charge is 2.23. The average Bonchev–Trinajstić information content (AvgIpc) is 3.19. The van der Waals surface area contributed by atoms with E-state index in [0.717, 1.165) is 35.4 Å². The van der Waals surface area contributed by atoms with Crippen LogP contribution >= 0.6 is 0 Å². The number of para-hydroxylation sites is 1. The number of carbonyl (C=O) groups is 1. The lowest BCUT2D eigenvalue weighted by Crippen LogP contribution is -2.39. The van der Waals surface area contributed by atoms with Gasteiger partial charge in [0.25, 0.3) is 0 Å². The number of nitrogens with one attached hydrogen (secondary N) is 1. The third kappa shape index (κ3) is 4.89. The molecule has 0 aromatic heterocycles. The van der Waals surface area contributed by atoms with Crippen LogP contribution in [0.2, 0.25) is 0 Å². The van der Waals surface area contributed by atoms with Crippen molar-refractivity contribution in [2.75, 3.05) is 13.7 Å². The first kappa shape index (κ1) is 19.4. The molecule has 1 amide bonds. The predicted molar refractivity (Wildman–Crippen MR) is 110 cm³/mol. The molecule has 0 aliphatic carbocycles. The number of carbonyl (C=O) groups excluding carboxylic acids is 1. The lowest BCUT2D eigenvalue weighted by atomic mass is 10.0. The van der Waals surface area contributed by atoms with Crippen LogP contribution in [-0.2, 0) is 11.3 Å². The fourth-order valence-corrected chi connectivity index (χ4v) is 3.69. The van der Waals surface area contributed by atoms with Gasteiger partial charge in [-0.3, -0.25) is 4.79 Å². The maximum Gasteiger partial charge on any atom is 0.224 e. The van der Waals surface area contributed by atoms with Gasteiger partial charge in [0.1, 0.15) is 5.75 Å². The molecule has 1 saturated heterocycles. The van der Waals surface area contributed by atoms with Crippen molar-refractivity contribution < 1.29 is 9.53 Å². The minimum absolute atomic E-state index is 0.188. The quantitative estimate of drug-likeness (QED) is 0.797. The molecule has 1 N–H and O–H groups in total. The lowest BCUT2D eigenvalue weighted by molar-refractivity contribution is -0.134. The highest BCUT2D eigenvalue weighted by atomic mass is 16.5. The Kier molecular flexibility index (Phi) is 6.51. The van der Waals surface area contributed by atoms with Crippen LogP contribution < -0.4 is 10.1 Å². The molecule has 4 heteroatoms. The second-order valence-corrected chi connectivity index (χ2v) is 7.51. The van der Waals surface area contributed by atoms with Crippen molar-refractivity contribution in [1.29, 1.82) is 0 Å². The minimum Gasteiger partial charge on any atom is -0.496 e. The molecular weight excluding hydrogens is 336 g/mol. The number of rotatable bonds is 7. The molecule has 0 spiro atoms. The van der Waals surface area contributed by atoms with E-state index < -0.39 is 0 Å². The number of hydrogen-bond donors (Lipinski definition) is 1. The van der Waals surface area contributed by atoms with Crippen molar-refractivity contribution in [3.05, 3.63) is 54.1 Å². The molecule has 0 bridgehead atoms. The molecule has 1 fully saturated rings. The van der Waals surface area contributed by atoms with Gasteiger partial charge in [-0.25, -0.2) is 0 Å². The van der Waals surface area contributed by atoms with E-state index in [1.54, 1.807) is 7.11 Å². The van der Waals surface area contributed by atoms with Crippen molar-refractivity contribution in [3.8, 4) is 16.9 Å². The number of benzene rings is 2. The Morgan fingerprint density at radius 1 is 1.19 bits per heavy atom. The van der Waals surface area contributed by atoms with E-state index in [1.165, 1.54) is 6.42 Å². The molecule has 2 aromatic carbocycles. The minimum atomic E-state index is 0.188. The predicted octanol–water partition coefficient (Wildman–Crippen LogP) is 4.24. The Balaban J connectivity index is 1.70. The van der Waals surface area contributed by atoms with Gasteiger partial charge in [0.15, 0.2) is 0 Å². The molecule has 1 heterocycles. The highest BCUT2D eigenvalue weighted by molar-refractivity contribution is 5.77. The largest absolute Gasteiger partial charge is 0.496 e. The first-order valence-electron chi connectivity index (χ1n) is 9.83. The van der Waals surface area contributed by atoms with E-state index >= 15 is 0 Å². The summed E-state index contributed by atoms with van der Waals surface area (Å²) in [5.74, 6) is 1.10. The van der Waals surface area contributed by atoms with Crippen molar-refractivity contribution in [2.45, 2.75) is 51.7 Å². The topological polar surface area (TPSA) is 41.6 Å². The summed E-state index contributed by atoms with van der Waals surface area (Å²) < 4.78 is 5.46. The summed E-state index contributed by atoms with van der Waals surface area (Å²) in [5.41, 5.74) is 3.35. The molecule has 0 radical (unpaired) electrons. The number of amides is 1. The summed E-state index contributed by atoms with van der Waals surface area (Å²) in [7, 11) is 1.69. The standard InChI is InChI=1S/C23H30N2O2/c1-17(2)25(23(26)15-20-7-6-14-24-20)16-18-10-12-19(13-11-18)21-8-4-5-9-22(21)27-3/h4-5,8-13,17,20,24H,6-7,14-16H2,1-3H3. The van der Waals surface area contributed by atoms with E-state index in [4.69, 9.17) is 4.74 Å². The molecule has 27 heavy (non-hydrogen) atoms. The fourth-order valence-electron chi connectivity index (χ4n) is 3.69. The molecule has 3 rings (SSSR count). The van der Waals surface area contributed by atoms with Crippen LogP contribution in [0.5, 0.6) is 5.75 Å². The summed E-state index contributed by atoms with van der Waals surface area (Å²) in [6.07, 6.45) is 2.87. The number of hydrogen-bond acceptors (Lipinski definition) is 3. The zero-order chi connectivity index (χ0) is 19.2. The van der Waals surface area contributed by atoms with Gasteiger partial charge in [0.05, 0.1) is 7.11 Å². The van der Waals surface area contributed by atoms with E-state index in [1.807, 2.05) is 23.1 Å². The molecule has 144 valence electrons. The van der Waals surface area contributed by atoms with Crippen molar-refractivity contribution in [2.24, 2.45) is 0 Å². The van der Waals surface area contributed by atoms with Gasteiger partial charge in [-0.15, -0.1) is 0 Å². The van der Waals surface area contributed by atoms with E-state index in [2.05, 4.69) is 49.5 Å². The zero-order valence-electron chi connectivity index (χ0n) is 16.6. The van der Waals surface area contributed by atoms with Crippen molar-refractivity contribution in [3.63, 3.8) is 0 Å². The fraction of sp³-hybridized carbons (Fsp3) is 0.435. The molecule has 1 aliphatic rings. The summed E-state index contributed by atoms with van der Waals surface area (Å²) in [4.78, 5) is 14.8. The van der Waals surface area contributed by atoms with Crippen LogP contribution in [-0.4, -0.2) is 36.5 Å². The third-order valence-corrected chi connectivity index (χ3v) is 5.25. The van der Waals surface area contributed by atoms with Gasteiger partial charge in [-0.2, -0.15) is 0 Å². The molecule has 1 unspecified atom stereocenters. The van der Waals surface area contributed by atoms with Crippen LogP contribution in [0.3, 0.4) is 0 Å². The second-order valence-electron chi connectivity index (χ2n) is 7.51. The molecule has 4 nitrogen and oxygen atoms in total. The Morgan fingerprint density at radius 2 is 1.93 bits per heavy atom. The Hall–Kier alpha value is -2.33. The first-order valence-corrected chi connectivity index (χ1v) is 9.83. The van der Waals surface area contributed by atoms with E-state index in [-0.39, 0.29) is 11.9 Å². The zero-order valence-corrected chi connectivity index (χ0v) is 16.6. The third-order valence-electron chi connectivity index (χ3n) is 5.25. The molecule has 1 aliphatic heterocycles. The normalized spacial score (nSPS) is 16.5. The van der Waals surface area contributed by atoms with Crippen LogP contribution in [0.25, 0.3) is 11.1 Å². The van der Waals surface area contributed by atoms with Gasteiger partial charge in [0, 0.05) is 30.6 Å². The maximum absolute atomic E-state index is 12.8. The van der Waals surface area contributed by atoms with E-state index in [0.29, 0.717) is 19.0 Å². The molecular formula is C23H30N2O2. The highest BCUT2D eigenvalue weighted by Crippen LogP contribution is 2.29. The smallest absolute Gasteiger partial charge is 0.224 e. The van der Waals surface area contributed by atoms with Gasteiger partial charge in [-0.05, 0) is 50.4 Å². The average molecular weight is 367 g/mol.